The highest BCUT2D eigenvalue weighted by molar-refractivity contribution is 7.88. The van der Waals surface area contributed by atoms with Crippen LogP contribution in [0.1, 0.15) is 0 Å². The number of morpholine rings is 1. The van der Waals surface area contributed by atoms with Gasteiger partial charge in [0.2, 0.25) is 15.9 Å². The van der Waals surface area contributed by atoms with E-state index in [1.54, 1.807) is 18.6 Å². The van der Waals surface area contributed by atoms with E-state index in [0.29, 0.717) is 35.8 Å². The Morgan fingerprint density at radius 1 is 1.22 bits per heavy atom. The zero-order chi connectivity index (χ0) is 22.0. The van der Waals surface area contributed by atoms with Crippen LogP contribution in [0, 0.1) is 0 Å². The van der Waals surface area contributed by atoms with Gasteiger partial charge in [-0.3, -0.25) is 4.98 Å². The molecule has 0 amide bonds. The third-order valence-electron chi connectivity index (χ3n) is 4.90. The maximum Gasteiger partial charge on any atom is 0.242 e. The first-order valence-corrected chi connectivity index (χ1v) is 11.6. The Hall–Kier alpha value is -2.54. The summed E-state index contributed by atoms with van der Waals surface area (Å²) < 4.78 is 36.7. The lowest BCUT2D eigenvalue weighted by Crippen LogP contribution is -2.47. The van der Waals surface area contributed by atoms with Crippen molar-refractivity contribution in [3.05, 3.63) is 36.8 Å². The topological polar surface area (TPSA) is 111 Å². The Kier molecular flexibility index (Phi) is 7.49. The molecule has 1 aliphatic rings. The summed E-state index contributed by atoms with van der Waals surface area (Å²) in [6.07, 6.45) is 5.73. The molecular formula is C20H26N6O4S2. The van der Waals surface area contributed by atoms with Crippen molar-refractivity contribution >= 4 is 40.4 Å². The van der Waals surface area contributed by atoms with Crippen molar-refractivity contribution in [1.29, 1.82) is 0 Å². The molecule has 1 aliphatic heterocycles. The highest BCUT2D eigenvalue weighted by atomic mass is 32.2. The average Bonchev–Trinajstić information content (AvgIpc) is 2.77. The molecule has 3 aromatic rings. The Bertz CT molecular complexity index is 1170. The fourth-order valence-corrected chi connectivity index (χ4v) is 4.10. The van der Waals surface area contributed by atoms with Gasteiger partial charge in [0.25, 0.3) is 0 Å². The molecule has 0 aliphatic carbocycles. The molecule has 1 fully saturated rings. The van der Waals surface area contributed by atoms with Crippen molar-refractivity contribution in [2.24, 2.45) is 0 Å². The highest BCUT2D eigenvalue weighted by Gasteiger charge is 2.27. The van der Waals surface area contributed by atoms with Crippen molar-refractivity contribution in [1.82, 2.24) is 24.2 Å². The second-order valence-electron chi connectivity index (χ2n) is 7.46. The number of anilines is 1. The maximum absolute atomic E-state index is 11.8. The molecule has 4 heterocycles. The van der Waals surface area contributed by atoms with E-state index in [4.69, 9.17) is 9.47 Å². The minimum Gasteiger partial charge on any atom is -0.473 e. The van der Waals surface area contributed by atoms with E-state index in [-0.39, 0.29) is 26.6 Å². The SMILES string of the molecule is CN(C)c1ccc(-c2cc3nccnc3c(OC[C@@H]3CN(S(C)(=O)=O)CCO3)n2)cn1.S. The van der Waals surface area contributed by atoms with Gasteiger partial charge in [-0.2, -0.15) is 17.8 Å². The minimum atomic E-state index is -3.28. The molecule has 0 spiro atoms. The van der Waals surface area contributed by atoms with Crippen LogP contribution in [0.3, 0.4) is 0 Å². The minimum absolute atomic E-state index is 0. The predicted octanol–water partition coefficient (Wildman–Crippen LogP) is 1.30. The number of hydrogen-bond acceptors (Lipinski definition) is 9. The van der Waals surface area contributed by atoms with E-state index >= 15 is 0 Å². The lowest BCUT2D eigenvalue weighted by molar-refractivity contribution is -0.0252. The van der Waals surface area contributed by atoms with E-state index in [9.17, 15) is 8.42 Å². The lowest BCUT2D eigenvalue weighted by Gasteiger charge is -2.30. The molecule has 0 unspecified atom stereocenters. The van der Waals surface area contributed by atoms with Crippen LogP contribution in [0.15, 0.2) is 36.8 Å². The molecule has 0 saturated carbocycles. The summed E-state index contributed by atoms with van der Waals surface area (Å²) in [4.78, 5) is 19.7. The molecule has 3 aromatic heterocycles. The monoisotopic (exact) mass is 478 g/mol. The second-order valence-corrected chi connectivity index (χ2v) is 9.44. The highest BCUT2D eigenvalue weighted by Crippen LogP contribution is 2.27. The van der Waals surface area contributed by atoms with Crippen LogP contribution in [0.5, 0.6) is 5.88 Å². The molecule has 32 heavy (non-hydrogen) atoms. The summed E-state index contributed by atoms with van der Waals surface area (Å²) in [5.74, 6) is 1.16. The molecule has 10 nitrogen and oxygen atoms in total. The summed E-state index contributed by atoms with van der Waals surface area (Å²) in [6.45, 7) is 1.04. The van der Waals surface area contributed by atoms with Crippen LogP contribution in [0.4, 0.5) is 5.82 Å². The van der Waals surface area contributed by atoms with Gasteiger partial charge in [0, 0.05) is 51.3 Å². The molecule has 172 valence electrons. The van der Waals surface area contributed by atoms with E-state index < -0.39 is 16.1 Å². The number of fused-ring (bicyclic) bond motifs is 1. The largest absolute Gasteiger partial charge is 0.473 e. The molecule has 1 atom stereocenters. The number of hydrogen-bond donors (Lipinski definition) is 0. The summed E-state index contributed by atoms with van der Waals surface area (Å²) in [6, 6.07) is 5.68. The van der Waals surface area contributed by atoms with E-state index in [2.05, 4.69) is 19.9 Å². The lowest BCUT2D eigenvalue weighted by atomic mass is 10.1. The maximum atomic E-state index is 11.8. The molecular weight excluding hydrogens is 452 g/mol. The van der Waals surface area contributed by atoms with Crippen molar-refractivity contribution in [3.63, 3.8) is 0 Å². The van der Waals surface area contributed by atoms with Crippen LogP contribution >= 0.6 is 13.5 Å². The molecule has 1 saturated heterocycles. The summed E-state index contributed by atoms with van der Waals surface area (Å²) >= 11 is 0. The number of pyridine rings is 2. The van der Waals surface area contributed by atoms with Crippen LogP contribution in [-0.2, 0) is 14.8 Å². The summed E-state index contributed by atoms with van der Waals surface area (Å²) in [7, 11) is 0.574. The van der Waals surface area contributed by atoms with Crippen molar-refractivity contribution in [2.45, 2.75) is 6.10 Å². The molecule has 0 bridgehead atoms. The first-order chi connectivity index (χ1) is 14.8. The van der Waals surface area contributed by atoms with Crippen LogP contribution < -0.4 is 9.64 Å². The number of aromatic nitrogens is 4. The quantitative estimate of drug-likeness (QED) is 0.518. The second kappa shape index (κ2) is 9.94. The zero-order valence-electron chi connectivity index (χ0n) is 18.1. The Labute approximate surface area is 194 Å². The Morgan fingerprint density at radius 3 is 2.69 bits per heavy atom. The first kappa shape index (κ1) is 24.1. The predicted molar refractivity (Wildman–Crippen MR) is 127 cm³/mol. The fourth-order valence-electron chi connectivity index (χ4n) is 3.26. The normalized spacial score (nSPS) is 17.0. The fraction of sp³-hybridized carbons (Fsp3) is 0.400. The Balaban J connectivity index is 0.00000289. The van der Waals surface area contributed by atoms with Gasteiger partial charge in [-0.25, -0.2) is 23.4 Å². The van der Waals surface area contributed by atoms with Gasteiger partial charge < -0.3 is 14.4 Å². The van der Waals surface area contributed by atoms with Gasteiger partial charge in [0.05, 0.1) is 24.1 Å². The Morgan fingerprint density at radius 2 is 2.00 bits per heavy atom. The van der Waals surface area contributed by atoms with Crippen LogP contribution in [0.2, 0.25) is 0 Å². The van der Waals surface area contributed by atoms with Gasteiger partial charge in [-0.05, 0) is 18.2 Å². The van der Waals surface area contributed by atoms with Gasteiger partial charge in [-0.1, -0.05) is 0 Å². The standard InChI is InChI=1S/C20H24N6O4S.H2S/c1-25(2)18-5-4-14(11-23-18)16-10-17-19(22-7-6-21-17)20(24-16)30-13-15-12-26(8-9-29-15)31(3,27)28;/h4-7,10-11,15H,8-9,12-13H2,1-3H3;1H2/t15-;/m0./s1. The van der Waals surface area contributed by atoms with E-state index in [1.807, 2.05) is 37.2 Å². The average molecular weight is 479 g/mol. The van der Waals surface area contributed by atoms with Crippen LogP contribution in [0.25, 0.3) is 22.3 Å². The zero-order valence-corrected chi connectivity index (χ0v) is 19.9. The van der Waals surface area contributed by atoms with Gasteiger partial charge >= 0.3 is 0 Å². The molecule has 0 aromatic carbocycles. The van der Waals surface area contributed by atoms with Gasteiger partial charge in [-0.15, -0.1) is 0 Å². The van der Waals surface area contributed by atoms with Crippen LogP contribution in [-0.4, -0.2) is 85.4 Å². The molecule has 0 N–H and O–H groups in total. The molecule has 12 heteroatoms. The molecule has 4 rings (SSSR count). The van der Waals surface area contributed by atoms with Crippen molar-refractivity contribution < 1.29 is 17.9 Å². The van der Waals surface area contributed by atoms with E-state index in [1.165, 1.54) is 10.6 Å². The van der Waals surface area contributed by atoms with Crippen molar-refractivity contribution in [3.8, 4) is 17.1 Å². The number of sulfonamides is 1. The third-order valence-corrected chi connectivity index (χ3v) is 6.17. The summed E-state index contributed by atoms with van der Waals surface area (Å²) in [5, 5.41) is 0. The number of rotatable bonds is 6. The number of nitrogens with zero attached hydrogens (tertiary/aromatic N) is 6. The third kappa shape index (κ3) is 5.44. The molecule has 0 radical (unpaired) electrons. The summed E-state index contributed by atoms with van der Waals surface area (Å²) in [5.41, 5.74) is 2.64. The van der Waals surface area contributed by atoms with E-state index in [0.717, 1.165) is 11.4 Å². The van der Waals surface area contributed by atoms with Gasteiger partial charge in [0.1, 0.15) is 18.5 Å². The number of ether oxygens (including phenoxy) is 2. The first-order valence-electron chi connectivity index (χ1n) is 9.76. The van der Waals surface area contributed by atoms with Crippen molar-refractivity contribution in [2.75, 3.05) is 51.6 Å². The van der Waals surface area contributed by atoms with Gasteiger partial charge in [0.15, 0.2) is 5.52 Å². The smallest absolute Gasteiger partial charge is 0.242 e.